The van der Waals surface area contributed by atoms with Gasteiger partial charge in [-0.1, -0.05) is 50.1 Å². The van der Waals surface area contributed by atoms with E-state index in [0.29, 0.717) is 47.6 Å². The fourth-order valence-corrected chi connectivity index (χ4v) is 4.86. The van der Waals surface area contributed by atoms with Crippen molar-refractivity contribution in [3.8, 4) is 0 Å². The van der Waals surface area contributed by atoms with E-state index in [1.165, 1.54) is 11.3 Å². The van der Waals surface area contributed by atoms with Gasteiger partial charge in [-0.05, 0) is 19.3 Å². The molecule has 3 rings (SSSR count). The van der Waals surface area contributed by atoms with Gasteiger partial charge in [-0.2, -0.15) is 0 Å². The molecule has 0 radical (unpaired) electrons. The number of halogens is 1. The Morgan fingerprint density at radius 2 is 2.07 bits per heavy atom. The maximum atomic E-state index is 13.1. The van der Waals surface area contributed by atoms with Crippen molar-refractivity contribution in [1.29, 1.82) is 0 Å². The molecule has 2 N–H and O–H groups in total. The zero-order valence-corrected chi connectivity index (χ0v) is 18.6. The number of hydrogen-bond donors (Lipinski definition) is 2. The molecule has 2 atom stereocenters. The lowest BCUT2D eigenvalue weighted by Crippen LogP contribution is -2.63. The number of aliphatic imine (C=N–C) groups is 1. The molecule has 0 bridgehead atoms. The van der Waals surface area contributed by atoms with Gasteiger partial charge in [0, 0.05) is 19.6 Å². The molecule has 1 aromatic heterocycles. The van der Waals surface area contributed by atoms with Crippen LogP contribution >= 0.6 is 22.9 Å². The van der Waals surface area contributed by atoms with Crippen molar-refractivity contribution in [3.05, 3.63) is 10.6 Å². The van der Waals surface area contributed by atoms with E-state index in [0.717, 1.165) is 19.3 Å². The molecule has 10 heteroatoms. The SMILES string of the molecule is CCCCN(C(=O)C1=NC(Cl)C(CC)N1)C1CN(c2nc(CC)c(C(=O)O)s2)C1. The molecule has 0 aromatic carbocycles. The van der Waals surface area contributed by atoms with Crippen LogP contribution in [0.15, 0.2) is 4.99 Å². The highest BCUT2D eigenvalue weighted by Gasteiger charge is 2.39. The van der Waals surface area contributed by atoms with E-state index in [2.05, 4.69) is 22.2 Å². The molecular formula is C19H28ClN5O3S. The van der Waals surface area contributed by atoms with E-state index >= 15 is 0 Å². The van der Waals surface area contributed by atoms with Gasteiger partial charge in [-0.3, -0.25) is 4.79 Å². The van der Waals surface area contributed by atoms with Crippen LogP contribution in [-0.2, 0) is 11.2 Å². The number of carbonyl (C=O) groups is 2. The third kappa shape index (κ3) is 4.50. The van der Waals surface area contributed by atoms with Crippen molar-refractivity contribution in [2.75, 3.05) is 24.5 Å². The van der Waals surface area contributed by atoms with Crippen molar-refractivity contribution in [2.24, 2.45) is 4.99 Å². The standard InChI is InChI=1S/C19H28ClN5O3S/c1-4-7-8-25(17(26)16-21-13(6-3)15(20)23-16)11-9-24(10-11)19-22-12(5-2)14(29-19)18(27)28/h11,13,15H,4-10H2,1-3H3,(H,21,23)(H,27,28). The summed E-state index contributed by atoms with van der Waals surface area (Å²) in [6.45, 7) is 7.95. The van der Waals surface area contributed by atoms with Crippen LogP contribution in [0.2, 0.25) is 0 Å². The minimum atomic E-state index is -0.936. The predicted octanol–water partition coefficient (Wildman–Crippen LogP) is 2.57. The number of nitrogens with one attached hydrogen (secondary N) is 1. The summed E-state index contributed by atoms with van der Waals surface area (Å²) < 4.78 is 0. The first-order valence-corrected chi connectivity index (χ1v) is 11.4. The summed E-state index contributed by atoms with van der Waals surface area (Å²) in [7, 11) is 0. The van der Waals surface area contributed by atoms with E-state index in [1.54, 1.807) is 0 Å². The van der Waals surface area contributed by atoms with E-state index < -0.39 is 11.5 Å². The lowest BCUT2D eigenvalue weighted by Gasteiger charge is -2.45. The largest absolute Gasteiger partial charge is 0.477 e. The summed E-state index contributed by atoms with van der Waals surface area (Å²) in [6, 6.07) is 0.0361. The topological polar surface area (TPSA) is 98.1 Å². The summed E-state index contributed by atoms with van der Waals surface area (Å²) in [5.41, 5.74) is 0.199. The highest BCUT2D eigenvalue weighted by atomic mass is 35.5. The number of nitrogens with zero attached hydrogens (tertiary/aromatic N) is 4. The van der Waals surface area contributed by atoms with Crippen molar-refractivity contribution in [1.82, 2.24) is 15.2 Å². The van der Waals surface area contributed by atoms with Crippen molar-refractivity contribution >= 4 is 45.8 Å². The van der Waals surface area contributed by atoms with Gasteiger partial charge in [-0.25, -0.2) is 14.8 Å². The minimum Gasteiger partial charge on any atom is -0.477 e. The van der Waals surface area contributed by atoms with Crippen molar-refractivity contribution in [3.63, 3.8) is 0 Å². The van der Waals surface area contributed by atoms with Crippen LogP contribution in [0.4, 0.5) is 5.13 Å². The number of hydrogen-bond acceptors (Lipinski definition) is 7. The van der Waals surface area contributed by atoms with Crippen molar-refractivity contribution in [2.45, 2.75) is 64.0 Å². The Bertz CT molecular complexity index is 793. The number of carbonyl (C=O) groups excluding carboxylic acids is 1. The maximum Gasteiger partial charge on any atom is 0.347 e. The number of thiazole rings is 1. The molecule has 3 heterocycles. The molecule has 2 unspecified atom stereocenters. The van der Waals surface area contributed by atoms with E-state index in [9.17, 15) is 14.7 Å². The van der Waals surface area contributed by atoms with E-state index in [1.807, 2.05) is 23.6 Å². The van der Waals surface area contributed by atoms with Crippen LogP contribution in [0.1, 0.15) is 55.4 Å². The third-order valence-corrected chi connectivity index (χ3v) is 6.90. The molecule has 1 fully saturated rings. The Morgan fingerprint density at radius 1 is 1.34 bits per heavy atom. The average molecular weight is 442 g/mol. The highest BCUT2D eigenvalue weighted by Crippen LogP contribution is 2.31. The van der Waals surface area contributed by atoms with Crippen LogP contribution < -0.4 is 10.2 Å². The molecule has 2 aliphatic heterocycles. The third-order valence-electron chi connectivity index (χ3n) is 5.35. The zero-order valence-electron chi connectivity index (χ0n) is 17.0. The molecule has 2 aliphatic rings. The molecular weight excluding hydrogens is 414 g/mol. The first kappa shape index (κ1) is 21.8. The number of alkyl halides is 1. The minimum absolute atomic E-state index is 0.0150. The molecule has 8 nitrogen and oxygen atoms in total. The number of amides is 1. The first-order chi connectivity index (χ1) is 13.9. The second-order valence-corrected chi connectivity index (χ2v) is 8.78. The number of rotatable bonds is 9. The quantitative estimate of drug-likeness (QED) is 0.451. The Morgan fingerprint density at radius 3 is 2.59 bits per heavy atom. The summed E-state index contributed by atoms with van der Waals surface area (Å²) in [6.07, 6.45) is 3.29. The molecule has 29 heavy (non-hydrogen) atoms. The van der Waals surface area contributed by atoms with Gasteiger partial charge in [0.15, 0.2) is 11.0 Å². The van der Waals surface area contributed by atoms with Crippen LogP contribution in [0.3, 0.4) is 0 Å². The molecule has 1 amide bonds. The van der Waals surface area contributed by atoms with Gasteiger partial charge >= 0.3 is 5.97 Å². The average Bonchev–Trinajstić information content (AvgIpc) is 3.26. The lowest BCUT2D eigenvalue weighted by atomic mass is 10.1. The summed E-state index contributed by atoms with van der Waals surface area (Å²) in [4.78, 5) is 37.5. The van der Waals surface area contributed by atoms with Gasteiger partial charge in [0.2, 0.25) is 0 Å². The Balaban J connectivity index is 1.68. The number of aryl methyl sites for hydroxylation is 1. The normalized spacial score (nSPS) is 21.5. The molecule has 1 aromatic rings. The summed E-state index contributed by atoms with van der Waals surface area (Å²) in [5.74, 6) is -0.694. The first-order valence-electron chi connectivity index (χ1n) is 10.2. The number of carboxylic acid groups (broad SMARTS) is 1. The Kier molecular flexibility index (Phi) is 7.00. The molecule has 160 valence electrons. The fourth-order valence-electron chi connectivity index (χ4n) is 3.51. The number of aromatic carboxylic acids is 1. The molecule has 1 saturated heterocycles. The number of unbranched alkanes of at least 4 members (excludes halogenated alkanes) is 1. The van der Waals surface area contributed by atoms with Crippen LogP contribution in [-0.4, -0.2) is 69.9 Å². The van der Waals surface area contributed by atoms with E-state index in [4.69, 9.17) is 11.6 Å². The Hall–Kier alpha value is -1.87. The smallest absolute Gasteiger partial charge is 0.347 e. The second-order valence-electron chi connectivity index (χ2n) is 7.35. The molecule has 0 saturated carbocycles. The van der Waals surface area contributed by atoms with Gasteiger partial charge in [0.1, 0.15) is 10.4 Å². The number of anilines is 1. The molecule has 0 aliphatic carbocycles. The maximum absolute atomic E-state index is 13.1. The van der Waals surface area contributed by atoms with Gasteiger partial charge in [0.25, 0.3) is 5.91 Å². The summed E-state index contributed by atoms with van der Waals surface area (Å²) >= 11 is 7.43. The van der Waals surface area contributed by atoms with Gasteiger partial charge in [-0.15, -0.1) is 0 Å². The monoisotopic (exact) mass is 441 g/mol. The van der Waals surface area contributed by atoms with E-state index in [-0.39, 0.29) is 18.0 Å². The summed E-state index contributed by atoms with van der Waals surface area (Å²) in [5, 5.41) is 13.2. The highest BCUT2D eigenvalue weighted by molar-refractivity contribution is 7.17. The second kappa shape index (κ2) is 9.30. The van der Waals surface area contributed by atoms with Crippen LogP contribution in [0.5, 0.6) is 0 Å². The fraction of sp³-hybridized carbons (Fsp3) is 0.684. The predicted molar refractivity (Wildman–Crippen MR) is 115 cm³/mol. The molecule has 0 spiro atoms. The van der Waals surface area contributed by atoms with Crippen molar-refractivity contribution < 1.29 is 14.7 Å². The number of aromatic nitrogens is 1. The number of carboxylic acids is 1. The lowest BCUT2D eigenvalue weighted by molar-refractivity contribution is -0.127. The van der Waals surface area contributed by atoms with Crippen LogP contribution in [0.25, 0.3) is 0 Å². The van der Waals surface area contributed by atoms with Gasteiger partial charge in [0.05, 0.1) is 17.8 Å². The van der Waals surface area contributed by atoms with Crippen LogP contribution in [0, 0.1) is 0 Å². The van der Waals surface area contributed by atoms with Gasteiger partial charge < -0.3 is 20.2 Å². The number of amidine groups is 1. The Labute approximate surface area is 180 Å². The zero-order chi connectivity index (χ0) is 21.1.